The van der Waals surface area contributed by atoms with Crippen molar-refractivity contribution < 1.29 is 0 Å². The summed E-state index contributed by atoms with van der Waals surface area (Å²) in [5, 5.41) is 5.51. The third-order valence-electron chi connectivity index (χ3n) is 3.45. The van der Waals surface area contributed by atoms with Gasteiger partial charge in [-0.1, -0.05) is 12.1 Å². The van der Waals surface area contributed by atoms with Gasteiger partial charge in [-0.25, -0.2) is 9.50 Å². The van der Waals surface area contributed by atoms with Crippen molar-refractivity contribution >= 4 is 16.4 Å². The summed E-state index contributed by atoms with van der Waals surface area (Å²) >= 11 is 0. The molecule has 0 radical (unpaired) electrons. The number of hydrogen-bond acceptors (Lipinski definition) is 3. The molecule has 20 heavy (non-hydrogen) atoms. The van der Waals surface area contributed by atoms with Crippen molar-refractivity contribution in [1.82, 2.24) is 19.6 Å². The molecule has 0 spiro atoms. The van der Waals surface area contributed by atoms with E-state index in [4.69, 9.17) is 0 Å². The number of rotatable bonds is 1. The van der Waals surface area contributed by atoms with Crippen molar-refractivity contribution in [3.63, 3.8) is 0 Å². The lowest BCUT2D eigenvalue weighted by Crippen LogP contribution is -1.95. The Morgan fingerprint density at radius 2 is 2.00 bits per heavy atom. The van der Waals surface area contributed by atoms with E-state index in [0.29, 0.717) is 0 Å². The molecule has 0 amide bonds. The smallest absolute Gasteiger partial charge is 0.146 e. The van der Waals surface area contributed by atoms with Crippen molar-refractivity contribution in [2.45, 2.75) is 6.92 Å². The summed E-state index contributed by atoms with van der Waals surface area (Å²) in [4.78, 5) is 8.63. The first-order valence-electron chi connectivity index (χ1n) is 6.47. The highest BCUT2D eigenvalue weighted by Crippen LogP contribution is 2.27. The van der Waals surface area contributed by atoms with Gasteiger partial charge < -0.3 is 0 Å². The second-order valence-corrected chi connectivity index (χ2v) is 4.78. The number of hydrogen-bond donors (Lipinski definition) is 0. The molecule has 4 heteroatoms. The number of aromatic nitrogens is 4. The van der Waals surface area contributed by atoms with Crippen LogP contribution in [0.5, 0.6) is 0 Å². The van der Waals surface area contributed by atoms with Crippen LogP contribution in [0.15, 0.2) is 55.0 Å². The van der Waals surface area contributed by atoms with E-state index >= 15 is 0 Å². The van der Waals surface area contributed by atoms with E-state index in [1.54, 1.807) is 0 Å². The lowest BCUT2D eigenvalue weighted by Gasteiger charge is -2.03. The highest BCUT2D eigenvalue weighted by molar-refractivity contribution is 5.88. The third kappa shape index (κ3) is 1.66. The fraction of sp³-hybridized carbons (Fsp3) is 0.0625. The maximum absolute atomic E-state index is 4.38. The van der Waals surface area contributed by atoms with Gasteiger partial charge in [0.05, 0.1) is 17.2 Å². The van der Waals surface area contributed by atoms with Crippen molar-refractivity contribution in [3.05, 3.63) is 60.8 Å². The Balaban J connectivity index is 1.96. The largest absolute Gasteiger partial charge is 0.256 e. The normalized spacial score (nSPS) is 11.2. The molecule has 0 aliphatic rings. The second kappa shape index (κ2) is 4.13. The van der Waals surface area contributed by atoms with Crippen LogP contribution in [0.3, 0.4) is 0 Å². The molecule has 96 valence electrons. The summed E-state index contributed by atoms with van der Waals surface area (Å²) in [5.74, 6) is 0.766. The Morgan fingerprint density at radius 3 is 2.95 bits per heavy atom. The van der Waals surface area contributed by atoms with Crippen LogP contribution in [-0.4, -0.2) is 19.6 Å². The Labute approximate surface area is 115 Å². The molecular formula is C16H12N4. The Hall–Kier alpha value is -2.75. The lowest BCUT2D eigenvalue weighted by molar-refractivity contribution is 0.857. The van der Waals surface area contributed by atoms with Gasteiger partial charge in [-0.15, -0.1) is 0 Å². The van der Waals surface area contributed by atoms with E-state index < -0.39 is 0 Å². The number of aryl methyl sites for hydroxylation is 1. The minimum absolute atomic E-state index is 0.766. The van der Waals surface area contributed by atoms with Crippen LogP contribution >= 0.6 is 0 Å². The van der Waals surface area contributed by atoms with E-state index in [2.05, 4.69) is 39.3 Å². The third-order valence-corrected chi connectivity index (χ3v) is 3.45. The number of benzene rings is 1. The van der Waals surface area contributed by atoms with Crippen LogP contribution in [0.4, 0.5) is 0 Å². The number of nitrogens with zero attached hydrogens (tertiary/aromatic N) is 4. The second-order valence-electron chi connectivity index (χ2n) is 4.78. The fourth-order valence-electron chi connectivity index (χ4n) is 2.47. The molecule has 0 fully saturated rings. The molecule has 0 unspecified atom stereocenters. The molecular weight excluding hydrogens is 248 g/mol. The molecule has 0 saturated carbocycles. The first-order valence-corrected chi connectivity index (χ1v) is 6.47. The summed E-state index contributed by atoms with van der Waals surface area (Å²) < 4.78 is 1.87. The summed E-state index contributed by atoms with van der Waals surface area (Å²) in [6.45, 7) is 1.89. The fourth-order valence-corrected chi connectivity index (χ4v) is 2.47. The molecule has 4 aromatic rings. The summed E-state index contributed by atoms with van der Waals surface area (Å²) in [6.07, 6.45) is 5.64. The zero-order valence-electron chi connectivity index (χ0n) is 11.0. The van der Waals surface area contributed by atoms with Crippen molar-refractivity contribution in [2.24, 2.45) is 0 Å². The van der Waals surface area contributed by atoms with Crippen LogP contribution in [0.1, 0.15) is 5.82 Å². The first kappa shape index (κ1) is 11.1. The van der Waals surface area contributed by atoms with Gasteiger partial charge >= 0.3 is 0 Å². The number of pyridine rings is 1. The zero-order valence-corrected chi connectivity index (χ0v) is 11.0. The van der Waals surface area contributed by atoms with Crippen LogP contribution < -0.4 is 0 Å². The molecule has 0 aliphatic heterocycles. The van der Waals surface area contributed by atoms with E-state index in [1.807, 2.05) is 42.2 Å². The molecule has 3 heterocycles. The van der Waals surface area contributed by atoms with Gasteiger partial charge in [0.25, 0.3) is 0 Å². The monoisotopic (exact) mass is 260 g/mol. The molecule has 3 aromatic heterocycles. The van der Waals surface area contributed by atoms with Crippen LogP contribution in [-0.2, 0) is 0 Å². The Morgan fingerprint density at radius 1 is 1.05 bits per heavy atom. The van der Waals surface area contributed by atoms with E-state index in [9.17, 15) is 0 Å². The summed E-state index contributed by atoms with van der Waals surface area (Å²) in [7, 11) is 0. The first-order chi connectivity index (χ1) is 9.81. The zero-order chi connectivity index (χ0) is 13.5. The average molecular weight is 260 g/mol. The predicted octanol–water partition coefficient (Wildman–Crippen LogP) is 3.25. The van der Waals surface area contributed by atoms with Gasteiger partial charge in [-0.2, -0.15) is 5.10 Å². The Bertz CT molecular complexity index is 924. The van der Waals surface area contributed by atoms with E-state index in [0.717, 1.165) is 33.4 Å². The van der Waals surface area contributed by atoms with Crippen molar-refractivity contribution in [3.8, 4) is 11.1 Å². The van der Waals surface area contributed by atoms with Gasteiger partial charge in [0.15, 0.2) is 0 Å². The van der Waals surface area contributed by atoms with Gasteiger partial charge in [-0.05, 0) is 36.8 Å². The number of fused-ring (bicyclic) bond motifs is 2. The van der Waals surface area contributed by atoms with Gasteiger partial charge in [-0.3, -0.25) is 4.98 Å². The minimum Gasteiger partial charge on any atom is -0.256 e. The topological polar surface area (TPSA) is 43.1 Å². The SMILES string of the molecule is Cc1ncc2c(-c3ccc4ncccc4c3)ccn2n1. The molecule has 0 bridgehead atoms. The van der Waals surface area contributed by atoms with Crippen LogP contribution in [0.25, 0.3) is 27.5 Å². The molecule has 4 nitrogen and oxygen atoms in total. The predicted molar refractivity (Wildman–Crippen MR) is 78.5 cm³/mol. The molecule has 1 aromatic carbocycles. The molecule has 4 rings (SSSR count). The van der Waals surface area contributed by atoms with Crippen molar-refractivity contribution in [1.29, 1.82) is 0 Å². The molecule has 0 aliphatic carbocycles. The standard InChI is InChI=1S/C16H12N4/c1-11-18-10-16-14(6-8-20(16)19-11)12-4-5-15-13(9-12)3-2-7-17-15/h2-10H,1H3. The van der Waals surface area contributed by atoms with Crippen LogP contribution in [0.2, 0.25) is 0 Å². The quantitative estimate of drug-likeness (QED) is 0.527. The lowest BCUT2D eigenvalue weighted by atomic mass is 10.0. The van der Waals surface area contributed by atoms with Gasteiger partial charge in [0.2, 0.25) is 0 Å². The maximum atomic E-state index is 4.38. The maximum Gasteiger partial charge on any atom is 0.146 e. The summed E-state index contributed by atoms with van der Waals surface area (Å²) in [6, 6.07) is 12.4. The minimum atomic E-state index is 0.766. The highest BCUT2D eigenvalue weighted by Gasteiger charge is 2.07. The summed E-state index contributed by atoms with van der Waals surface area (Å²) in [5.41, 5.74) is 4.31. The van der Waals surface area contributed by atoms with Crippen LogP contribution in [0, 0.1) is 6.92 Å². The molecule has 0 saturated heterocycles. The molecule has 0 atom stereocenters. The van der Waals surface area contributed by atoms with E-state index in [-0.39, 0.29) is 0 Å². The average Bonchev–Trinajstić information content (AvgIpc) is 2.89. The highest BCUT2D eigenvalue weighted by atomic mass is 15.2. The van der Waals surface area contributed by atoms with E-state index in [1.165, 1.54) is 0 Å². The van der Waals surface area contributed by atoms with Gasteiger partial charge in [0.1, 0.15) is 5.82 Å². The molecule has 0 N–H and O–H groups in total. The van der Waals surface area contributed by atoms with Gasteiger partial charge in [0, 0.05) is 23.3 Å². The van der Waals surface area contributed by atoms with Crippen molar-refractivity contribution in [2.75, 3.05) is 0 Å². The Kier molecular flexibility index (Phi) is 2.29.